The van der Waals surface area contributed by atoms with Crippen molar-refractivity contribution in [2.45, 2.75) is 25.3 Å². The lowest BCUT2D eigenvalue weighted by molar-refractivity contribution is 0.546. The number of hydrogen-bond donors (Lipinski definition) is 1. The van der Waals surface area contributed by atoms with Crippen molar-refractivity contribution in [1.82, 2.24) is 5.32 Å². The van der Waals surface area contributed by atoms with Gasteiger partial charge >= 0.3 is 0 Å². The molecule has 18 heavy (non-hydrogen) atoms. The first-order chi connectivity index (χ1) is 8.93. The number of aryl methyl sites for hydroxylation is 1. The Bertz CT molecular complexity index is 388. The van der Waals surface area contributed by atoms with Gasteiger partial charge in [0.2, 0.25) is 0 Å². The van der Waals surface area contributed by atoms with Crippen LogP contribution in [0.5, 0.6) is 0 Å². The van der Waals surface area contributed by atoms with Gasteiger partial charge < -0.3 is 10.2 Å². The third kappa shape index (κ3) is 2.83. The molecule has 2 heterocycles. The van der Waals surface area contributed by atoms with Crippen molar-refractivity contribution >= 4 is 17.4 Å². The van der Waals surface area contributed by atoms with E-state index in [1.54, 1.807) is 5.56 Å². The predicted octanol–water partition coefficient (Wildman–Crippen LogP) is 2.53. The Morgan fingerprint density at radius 3 is 3.11 bits per heavy atom. The first-order valence-corrected chi connectivity index (χ1v) is 8.23. The van der Waals surface area contributed by atoms with Gasteiger partial charge in [-0.1, -0.05) is 18.2 Å². The van der Waals surface area contributed by atoms with Crippen LogP contribution in [0.1, 0.15) is 18.4 Å². The second-order valence-corrected chi connectivity index (χ2v) is 6.41. The van der Waals surface area contributed by atoms with E-state index < -0.39 is 0 Å². The molecule has 1 fully saturated rings. The van der Waals surface area contributed by atoms with Gasteiger partial charge in [-0.15, -0.1) is 0 Å². The van der Waals surface area contributed by atoms with Crippen molar-refractivity contribution in [1.29, 1.82) is 0 Å². The number of anilines is 1. The molecule has 0 bridgehead atoms. The van der Waals surface area contributed by atoms with Gasteiger partial charge in [-0.3, -0.25) is 0 Å². The largest absolute Gasteiger partial charge is 0.370 e. The lowest BCUT2D eigenvalue weighted by atomic mass is 10.1. The predicted molar refractivity (Wildman–Crippen MR) is 80.7 cm³/mol. The second-order valence-electron chi connectivity index (χ2n) is 5.26. The average molecular weight is 262 g/mol. The zero-order chi connectivity index (χ0) is 12.2. The average Bonchev–Trinajstić information content (AvgIpc) is 2.63. The third-order valence-corrected chi connectivity index (χ3v) is 5.03. The molecule has 0 aliphatic carbocycles. The number of rotatable bonds is 2. The van der Waals surface area contributed by atoms with Crippen LogP contribution in [0, 0.1) is 0 Å². The summed E-state index contributed by atoms with van der Waals surface area (Å²) in [6.45, 7) is 3.56. The smallest absolute Gasteiger partial charge is 0.0399 e. The molecular formula is C15H22N2S. The number of hydrogen-bond acceptors (Lipinski definition) is 3. The Labute approximate surface area is 114 Å². The standard InChI is InChI=1S/C15H22N2S/c1-2-7-15-13(5-1)6-3-4-9-17(15)11-14-12-18-10-8-16-14/h1-2,5,7,14,16H,3-4,6,8-12H2. The van der Waals surface area contributed by atoms with Gasteiger partial charge in [0.25, 0.3) is 0 Å². The van der Waals surface area contributed by atoms with Crippen molar-refractivity contribution in [3.8, 4) is 0 Å². The van der Waals surface area contributed by atoms with Crippen molar-refractivity contribution in [2.24, 2.45) is 0 Å². The van der Waals surface area contributed by atoms with Crippen LogP contribution in [0.25, 0.3) is 0 Å². The van der Waals surface area contributed by atoms with Crippen LogP contribution in [0.3, 0.4) is 0 Å². The molecule has 3 heteroatoms. The highest BCUT2D eigenvalue weighted by atomic mass is 32.2. The molecule has 1 saturated heterocycles. The van der Waals surface area contributed by atoms with Crippen molar-refractivity contribution in [2.75, 3.05) is 36.0 Å². The van der Waals surface area contributed by atoms with Gasteiger partial charge in [-0.05, 0) is 30.9 Å². The molecule has 1 aromatic rings. The Morgan fingerprint density at radius 2 is 2.22 bits per heavy atom. The molecule has 2 nitrogen and oxygen atoms in total. The summed E-state index contributed by atoms with van der Waals surface area (Å²) < 4.78 is 0. The highest BCUT2D eigenvalue weighted by Gasteiger charge is 2.20. The minimum atomic E-state index is 0.662. The fraction of sp³-hybridized carbons (Fsp3) is 0.600. The zero-order valence-electron chi connectivity index (χ0n) is 10.9. The van der Waals surface area contributed by atoms with Crippen molar-refractivity contribution < 1.29 is 0 Å². The SMILES string of the molecule is c1ccc2c(c1)CCCCN2CC1CSCCN1. The summed E-state index contributed by atoms with van der Waals surface area (Å²) in [6.07, 6.45) is 3.91. The first-order valence-electron chi connectivity index (χ1n) is 7.07. The van der Waals surface area contributed by atoms with Gasteiger partial charge in [0.15, 0.2) is 0 Å². The number of nitrogens with zero attached hydrogens (tertiary/aromatic N) is 1. The number of benzene rings is 1. The van der Waals surface area contributed by atoms with E-state index in [4.69, 9.17) is 0 Å². The van der Waals surface area contributed by atoms with E-state index in [0.717, 1.165) is 0 Å². The molecular weight excluding hydrogens is 240 g/mol. The second kappa shape index (κ2) is 5.98. The minimum absolute atomic E-state index is 0.662. The Hall–Kier alpha value is -0.670. The highest BCUT2D eigenvalue weighted by Crippen LogP contribution is 2.26. The molecule has 1 aromatic carbocycles. The molecule has 0 aromatic heterocycles. The van der Waals surface area contributed by atoms with E-state index in [-0.39, 0.29) is 0 Å². The van der Waals surface area contributed by atoms with E-state index >= 15 is 0 Å². The summed E-state index contributed by atoms with van der Waals surface area (Å²) >= 11 is 2.09. The van der Waals surface area contributed by atoms with E-state index in [9.17, 15) is 0 Å². The van der Waals surface area contributed by atoms with E-state index in [2.05, 4.69) is 46.2 Å². The molecule has 0 radical (unpaired) electrons. The summed E-state index contributed by atoms with van der Waals surface area (Å²) in [5, 5.41) is 3.66. The topological polar surface area (TPSA) is 15.3 Å². The zero-order valence-corrected chi connectivity index (χ0v) is 11.7. The maximum absolute atomic E-state index is 3.66. The van der Waals surface area contributed by atoms with Crippen LogP contribution in [0.2, 0.25) is 0 Å². The Kier molecular flexibility index (Phi) is 4.11. The minimum Gasteiger partial charge on any atom is -0.370 e. The molecule has 1 atom stereocenters. The van der Waals surface area contributed by atoms with Crippen molar-refractivity contribution in [3.05, 3.63) is 29.8 Å². The number of thioether (sulfide) groups is 1. The fourth-order valence-electron chi connectivity index (χ4n) is 2.96. The maximum atomic E-state index is 3.66. The van der Waals surface area contributed by atoms with Crippen LogP contribution in [0.4, 0.5) is 5.69 Å². The molecule has 3 rings (SSSR count). The van der Waals surface area contributed by atoms with Gasteiger partial charge in [-0.25, -0.2) is 0 Å². The number of nitrogens with one attached hydrogen (secondary N) is 1. The summed E-state index contributed by atoms with van der Waals surface area (Å²) in [4.78, 5) is 2.60. The summed E-state index contributed by atoms with van der Waals surface area (Å²) in [7, 11) is 0. The van der Waals surface area contributed by atoms with Gasteiger partial charge in [0, 0.05) is 42.9 Å². The lowest BCUT2D eigenvalue weighted by Gasteiger charge is -2.32. The Balaban J connectivity index is 1.74. The molecule has 2 aliphatic heterocycles. The molecule has 0 saturated carbocycles. The fourth-order valence-corrected chi connectivity index (χ4v) is 3.90. The molecule has 0 spiro atoms. The van der Waals surface area contributed by atoms with E-state index in [0.29, 0.717) is 6.04 Å². The van der Waals surface area contributed by atoms with Crippen molar-refractivity contribution in [3.63, 3.8) is 0 Å². The lowest BCUT2D eigenvalue weighted by Crippen LogP contribution is -2.46. The Morgan fingerprint density at radius 1 is 1.28 bits per heavy atom. The van der Waals surface area contributed by atoms with Crippen LogP contribution >= 0.6 is 11.8 Å². The summed E-state index contributed by atoms with van der Waals surface area (Å²) in [6, 6.07) is 9.62. The maximum Gasteiger partial charge on any atom is 0.0399 e. The van der Waals surface area contributed by atoms with E-state index in [1.165, 1.54) is 56.1 Å². The van der Waals surface area contributed by atoms with Gasteiger partial charge in [0.05, 0.1) is 0 Å². The van der Waals surface area contributed by atoms with Gasteiger partial charge in [0.1, 0.15) is 0 Å². The van der Waals surface area contributed by atoms with Crippen LogP contribution in [-0.2, 0) is 6.42 Å². The van der Waals surface area contributed by atoms with Crippen LogP contribution < -0.4 is 10.2 Å². The molecule has 1 N–H and O–H groups in total. The quantitative estimate of drug-likeness (QED) is 0.882. The third-order valence-electron chi connectivity index (χ3n) is 3.90. The normalized spacial score (nSPS) is 24.4. The monoisotopic (exact) mass is 262 g/mol. The molecule has 0 amide bonds. The van der Waals surface area contributed by atoms with Gasteiger partial charge in [-0.2, -0.15) is 11.8 Å². The first kappa shape index (κ1) is 12.4. The summed E-state index contributed by atoms with van der Waals surface area (Å²) in [5.41, 5.74) is 3.02. The molecule has 98 valence electrons. The summed E-state index contributed by atoms with van der Waals surface area (Å²) in [5.74, 6) is 2.53. The highest BCUT2D eigenvalue weighted by molar-refractivity contribution is 7.99. The van der Waals surface area contributed by atoms with E-state index in [1.807, 2.05) is 0 Å². The molecule has 2 aliphatic rings. The van der Waals surface area contributed by atoms with Crippen LogP contribution in [-0.4, -0.2) is 37.2 Å². The molecule has 1 unspecified atom stereocenters. The number of fused-ring (bicyclic) bond motifs is 1. The number of para-hydroxylation sites is 1. The van der Waals surface area contributed by atoms with Crippen LogP contribution in [0.15, 0.2) is 24.3 Å².